The van der Waals surface area contributed by atoms with Gasteiger partial charge in [0.1, 0.15) is 5.82 Å². The topological polar surface area (TPSA) is 39.3 Å². The minimum Gasteiger partial charge on any atom is -0.318 e. The molecule has 1 atom stereocenters. The van der Waals surface area contributed by atoms with Crippen LogP contribution in [0.1, 0.15) is 46.1 Å². The van der Waals surface area contributed by atoms with Crippen LogP contribution in [0.15, 0.2) is 94.2 Å². The Hall–Kier alpha value is -4.00. The average Bonchev–Trinajstić information content (AvgIpc) is 3.42. The molecule has 3 heterocycles. The predicted molar refractivity (Wildman–Crippen MR) is 159 cm³/mol. The zero-order valence-electron chi connectivity index (χ0n) is 22.0. The molecule has 0 spiro atoms. The molecule has 4 nitrogen and oxygen atoms in total. The van der Waals surface area contributed by atoms with E-state index < -0.39 is 0 Å². The average molecular weight is 566 g/mol. The normalized spacial score (nSPS) is 16.4. The number of fused-ring (bicyclic) bond motifs is 3. The molecular weight excluding hydrogens is 541 g/mol. The van der Waals surface area contributed by atoms with Crippen molar-refractivity contribution in [1.82, 2.24) is 9.13 Å². The Balaban J connectivity index is 1.43. The van der Waals surface area contributed by atoms with Gasteiger partial charge >= 0.3 is 0 Å². The van der Waals surface area contributed by atoms with E-state index >= 15 is 0 Å². The monoisotopic (exact) mass is 565 g/mol. The Kier molecular flexibility index (Phi) is 5.99. The van der Waals surface area contributed by atoms with Crippen LogP contribution < -0.4 is 14.9 Å². The maximum atomic E-state index is 14.1. The summed E-state index contributed by atoms with van der Waals surface area (Å²) in [4.78, 5) is 19.8. The van der Waals surface area contributed by atoms with Crippen LogP contribution in [0.5, 0.6) is 0 Å². The van der Waals surface area contributed by atoms with Gasteiger partial charge in [-0.3, -0.25) is 9.36 Å². The van der Waals surface area contributed by atoms with Crippen molar-refractivity contribution in [2.24, 2.45) is 4.99 Å². The van der Waals surface area contributed by atoms with Crippen LogP contribution in [0.3, 0.4) is 0 Å². The first-order valence-electron chi connectivity index (χ1n) is 13.2. The van der Waals surface area contributed by atoms with Crippen LogP contribution >= 0.6 is 22.9 Å². The molecular formula is C33H25ClFN3OS. The highest BCUT2D eigenvalue weighted by molar-refractivity contribution is 7.07. The van der Waals surface area contributed by atoms with Crippen molar-refractivity contribution < 1.29 is 4.39 Å². The third-order valence-corrected chi connectivity index (χ3v) is 9.14. The number of aromatic nitrogens is 2. The first-order chi connectivity index (χ1) is 19.4. The Morgan fingerprint density at radius 3 is 2.52 bits per heavy atom. The fourth-order valence-electron chi connectivity index (χ4n) is 6.03. The van der Waals surface area contributed by atoms with Gasteiger partial charge in [-0.1, -0.05) is 59.3 Å². The molecule has 7 rings (SSSR count). The molecule has 0 bridgehead atoms. The maximum Gasteiger partial charge on any atom is 0.271 e. The summed E-state index contributed by atoms with van der Waals surface area (Å²) in [5.74, 6) is -0.296. The van der Waals surface area contributed by atoms with Crippen molar-refractivity contribution in [3.63, 3.8) is 0 Å². The zero-order chi connectivity index (χ0) is 27.5. The molecule has 7 heteroatoms. The summed E-state index contributed by atoms with van der Waals surface area (Å²) in [6, 6.07) is 24.3. The molecule has 0 fully saturated rings. The van der Waals surface area contributed by atoms with Gasteiger partial charge in [-0.2, -0.15) is 0 Å². The lowest BCUT2D eigenvalue weighted by Gasteiger charge is -2.30. The van der Waals surface area contributed by atoms with Crippen LogP contribution in [-0.4, -0.2) is 9.13 Å². The lowest BCUT2D eigenvalue weighted by Crippen LogP contribution is -2.38. The van der Waals surface area contributed by atoms with E-state index in [1.807, 2.05) is 36.4 Å². The number of benzene rings is 3. The molecule has 0 radical (unpaired) electrons. The third-order valence-electron chi connectivity index (χ3n) is 7.90. The van der Waals surface area contributed by atoms with Crippen molar-refractivity contribution >= 4 is 34.7 Å². The highest BCUT2D eigenvalue weighted by atomic mass is 35.5. The van der Waals surface area contributed by atoms with Crippen molar-refractivity contribution in [2.75, 3.05) is 0 Å². The third kappa shape index (κ3) is 4.02. The van der Waals surface area contributed by atoms with Crippen LogP contribution in [0.2, 0.25) is 5.02 Å². The van der Waals surface area contributed by atoms with E-state index in [9.17, 15) is 9.18 Å². The number of hydrogen-bond acceptors (Lipinski definition) is 3. The van der Waals surface area contributed by atoms with E-state index in [1.165, 1.54) is 29.0 Å². The van der Waals surface area contributed by atoms with E-state index in [4.69, 9.17) is 16.6 Å². The van der Waals surface area contributed by atoms with E-state index in [2.05, 4.69) is 42.7 Å². The fourth-order valence-corrected chi connectivity index (χ4v) is 7.15. The van der Waals surface area contributed by atoms with Gasteiger partial charge in [0.05, 0.1) is 16.3 Å². The molecule has 1 aliphatic carbocycles. The van der Waals surface area contributed by atoms with Gasteiger partial charge < -0.3 is 4.57 Å². The van der Waals surface area contributed by atoms with Gasteiger partial charge in [0.15, 0.2) is 4.80 Å². The number of hydrogen-bond donors (Lipinski definition) is 0. The fraction of sp³-hybridized carbons (Fsp3) is 0.152. The predicted octanol–water partition coefficient (Wildman–Crippen LogP) is 6.52. The second-order valence-corrected chi connectivity index (χ2v) is 11.7. The standard InChI is InChI=1S/C33H25ClFN3OS/c1-19-17-23(20(2)37(19)26-14-10-24(34)11-15-26)18-29-32(39)38-31(22-7-12-25(35)13-8-22)28-16-9-21-5-3-4-6-27(21)30(28)36-33(38)40-29/h3-8,10-15,17-18,31H,9,16H2,1-2H3/b29-18+/t31-/m0/s1. The molecule has 3 aromatic carbocycles. The summed E-state index contributed by atoms with van der Waals surface area (Å²) in [6.45, 7) is 4.11. The number of allylic oxidation sites excluding steroid dienone is 1. The summed E-state index contributed by atoms with van der Waals surface area (Å²) in [7, 11) is 0. The minimum atomic E-state index is -0.330. The molecule has 1 aliphatic heterocycles. The molecule has 2 aliphatic rings. The number of aryl methyl sites for hydroxylation is 2. The minimum absolute atomic E-state index is 0.0835. The van der Waals surface area contributed by atoms with Crippen LogP contribution in [0.25, 0.3) is 17.5 Å². The van der Waals surface area contributed by atoms with Gasteiger partial charge in [0.25, 0.3) is 5.56 Å². The van der Waals surface area contributed by atoms with Gasteiger partial charge in [-0.15, -0.1) is 0 Å². The van der Waals surface area contributed by atoms with Crippen molar-refractivity contribution in [2.45, 2.75) is 32.7 Å². The smallest absolute Gasteiger partial charge is 0.271 e. The zero-order valence-corrected chi connectivity index (χ0v) is 23.6. The van der Waals surface area contributed by atoms with Gasteiger partial charge in [0.2, 0.25) is 0 Å². The van der Waals surface area contributed by atoms with Crippen molar-refractivity contribution in [3.05, 3.63) is 149 Å². The van der Waals surface area contributed by atoms with E-state index in [-0.39, 0.29) is 17.4 Å². The quantitative estimate of drug-likeness (QED) is 0.245. The van der Waals surface area contributed by atoms with Crippen LogP contribution in [0.4, 0.5) is 4.39 Å². The first kappa shape index (κ1) is 25.0. The summed E-state index contributed by atoms with van der Waals surface area (Å²) >= 11 is 7.52. The van der Waals surface area contributed by atoms with Crippen LogP contribution in [-0.2, 0) is 6.42 Å². The number of halogens is 2. The van der Waals surface area contributed by atoms with Crippen molar-refractivity contribution in [3.8, 4) is 5.69 Å². The lowest BCUT2D eigenvalue weighted by atomic mass is 9.83. The first-order valence-corrected chi connectivity index (χ1v) is 14.4. The molecule has 5 aromatic rings. The molecule has 0 saturated carbocycles. The molecule has 0 unspecified atom stereocenters. The highest BCUT2D eigenvalue weighted by Crippen LogP contribution is 2.41. The molecule has 0 amide bonds. The Morgan fingerprint density at radius 2 is 1.75 bits per heavy atom. The number of thiazole rings is 1. The van der Waals surface area contributed by atoms with E-state index in [0.29, 0.717) is 14.4 Å². The Bertz CT molecular complexity index is 2010. The van der Waals surface area contributed by atoms with Crippen LogP contribution in [0, 0.1) is 19.7 Å². The largest absolute Gasteiger partial charge is 0.318 e. The molecule has 198 valence electrons. The summed E-state index contributed by atoms with van der Waals surface area (Å²) in [5, 5.41) is 0.688. The number of nitrogens with zero attached hydrogens (tertiary/aromatic N) is 3. The highest BCUT2D eigenvalue weighted by Gasteiger charge is 2.32. The van der Waals surface area contributed by atoms with Gasteiger partial charge in [-0.05, 0) is 97.5 Å². The summed E-state index contributed by atoms with van der Waals surface area (Å²) in [5.41, 5.74) is 9.31. The maximum absolute atomic E-state index is 14.1. The molecule has 0 saturated heterocycles. The molecule has 2 aromatic heterocycles. The SMILES string of the molecule is Cc1cc(/C=c2/sc3n(c2=O)[C@@H](c2ccc(F)cc2)C2=C(N=3)c3ccccc3CC2)c(C)n1-c1ccc(Cl)cc1. The second kappa shape index (κ2) is 9.58. The van der Waals surface area contributed by atoms with Crippen molar-refractivity contribution in [1.29, 1.82) is 0 Å². The summed E-state index contributed by atoms with van der Waals surface area (Å²) < 4.78 is 18.5. The van der Waals surface area contributed by atoms with Gasteiger partial charge in [-0.25, -0.2) is 9.38 Å². The Labute approximate surface area is 239 Å². The Morgan fingerprint density at radius 1 is 1.00 bits per heavy atom. The lowest BCUT2D eigenvalue weighted by molar-refractivity contribution is 0.581. The second-order valence-electron chi connectivity index (χ2n) is 10.3. The molecule has 0 N–H and O–H groups in total. The van der Waals surface area contributed by atoms with Gasteiger partial charge in [0, 0.05) is 27.7 Å². The van der Waals surface area contributed by atoms with E-state index in [1.54, 1.807) is 16.7 Å². The number of rotatable bonds is 3. The molecule has 40 heavy (non-hydrogen) atoms. The van der Waals surface area contributed by atoms with E-state index in [0.717, 1.165) is 57.9 Å². The summed E-state index contributed by atoms with van der Waals surface area (Å²) in [6.07, 6.45) is 3.64.